The van der Waals surface area contributed by atoms with Crippen LogP contribution in [0.5, 0.6) is 11.5 Å². The molecule has 10 unspecified atom stereocenters. The molecule has 0 spiro atoms. The number of nitrogens with two attached hydrogens (primary N) is 1. The van der Waals surface area contributed by atoms with Gasteiger partial charge >= 0.3 is 5.97 Å². The van der Waals surface area contributed by atoms with Gasteiger partial charge in [-0.25, -0.2) is 4.98 Å². The Hall–Kier alpha value is -4.90. The van der Waals surface area contributed by atoms with E-state index < -0.39 is 29.5 Å². The van der Waals surface area contributed by atoms with Crippen molar-refractivity contribution in [1.29, 1.82) is 0 Å². The number of anilines is 1. The number of aromatic nitrogens is 2. The Kier molecular flexibility index (Phi) is 14.9. The van der Waals surface area contributed by atoms with E-state index in [1.54, 1.807) is 12.3 Å². The number of unbranched alkanes of at least 4 members (excludes halogenated alkanes) is 4. The van der Waals surface area contributed by atoms with Gasteiger partial charge in [-0.3, -0.25) is 4.79 Å². The molecule has 8 N–H and O–H groups in total. The number of hydrogen-bond donors (Lipinski definition) is 7. The van der Waals surface area contributed by atoms with Crippen LogP contribution >= 0.6 is 0 Å². The van der Waals surface area contributed by atoms with Crippen molar-refractivity contribution in [3.8, 4) is 22.8 Å². The van der Waals surface area contributed by atoms with Crippen LogP contribution in [0.4, 0.5) is 5.82 Å². The van der Waals surface area contributed by atoms with Crippen molar-refractivity contribution >= 4 is 11.8 Å². The number of rotatable bonds is 20. The van der Waals surface area contributed by atoms with Crippen LogP contribution in [0.1, 0.15) is 106 Å². The summed E-state index contributed by atoms with van der Waals surface area (Å²) in [5.41, 5.74) is 9.60. The number of nitrogens with one attached hydrogen (secondary N) is 1. The van der Waals surface area contributed by atoms with Crippen LogP contribution < -0.4 is 10.8 Å². The molecule has 2 heterocycles. The van der Waals surface area contributed by atoms with Gasteiger partial charge in [0, 0.05) is 40.9 Å². The van der Waals surface area contributed by atoms with Crippen molar-refractivity contribution in [3.63, 3.8) is 0 Å². The predicted molar refractivity (Wildman–Crippen MR) is 241 cm³/mol. The minimum atomic E-state index is -1.23. The zero-order valence-corrected chi connectivity index (χ0v) is 36.1. The van der Waals surface area contributed by atoms with Crippen molar-refractivity contribution in [1.82, 2.24) is 9.97 Å². The third-order valence-electron chi connectivity index (χ3n) is 14.3. The smallest absolute Gasteiger partial charge is 0.309 e. The second kappa shape index (κ2) is 20.5. The maximum Gasteiger partial charge on any atom is 0.309 e. The Labute approximate surface area is 366 Å². The van der Waals surface area contributed by atoms with Crippen molar-refractivity contribution < 1.29 is 35.4 Å². The van der Waals surface area contributed by atoms with Gasteiger partial charge in [0.1, 0.15) is 11.6 Å². The second-order valence-electron chi connectivity index (χ2n) is 18.7. The van der Waals surface area contributed by atoms with Crippen molar-refractivity contribution in [3.05, 3.63) is 120 Å². The fourth-order valence-electron chi connectivity index (χ4n) is 11.0. The van der Waals surface area contributed by atoms with Crippen LogP contribution in [-0.2, 0) is 24.1 Å². The van der Waals surface area contributed by atoms with Crippen LogP contribution in [0.3, 0.4) is 0 Å². The van der Waals surface area contributed by atoms with E-state index in [2.05, 4.69) is 29.0 Å². The number of nitrogen functional groups attached to an aromatic ring is 1. The molecule has 3 aliphatic carbocycles. The zero-order chi connectivity index (χ0) is 43.8. The number of carbonyl (C=O) groups is 1. The van der Waals surface area contributed by atoms with Crippen molar-refractivity contribution in [2.75, 3.05) is 5.73 Å². The second-order valence-corrected chi connectivity index (χ2v) is 18.7. The Bertz CT molecular complexity index is 2150. The number of fused-ring (bicyclic) bond motifs is 1. The standard InChI is InChI=1S/C52H67N3O7/c1-2-3-6-11-34-16-17-36(47(57)26-34)14-9-5-10-15-42(51(60)61)50(59)37-18-20-45-38(24-35-22-23-54-49(53)27-35)28-39(52(45,62)32-37)29-40-19-21-46(55-40)43-30-41(56)31-48(58)44(43)25-33-12-7-4-8-13-33/h4,7-8,12-13,16-23,27,30-31,34,36-39,42,45,47,50,55-59,62H,2-3,5-6,9-11,14-15,24-26,28-29,32H2,1H3,(H2,53,54)(H,60,61)/p-1. The number of aromatic amines is 1. The van der Waals surface area contributed by atoms with Gasteiger partial charge in [-0.2, -0.15) is 0 Å². The quantitative estimate of drug-likeness (QED) is 0.0337. The van der Waals surface area contributed by atoms with Gasteiger partial charge in [-0.05, 0) is 129 Å². The van der Waals surface area contributed by atoms with E-state index in [-0.39, 0.29) is 47.7 Å². The Balaban J connectivity index is 1.04. The molecular formula is C52H66N3O7-. The van der Waals surface area contributed by atoms with Gasteiger partial charge in [0.05, 0.1) is 23.7 Å². The molecule has 1 fully saturated rings. The fourth-order valence-corrected chi connectivity index (χ4v) is 11.0. The summed E-state index contributed by atoms with van der Waals surface area (Å²) in [7, 11) is 0. The highest BCUT2D eigenvalue weighted by molar-refractivity contribution is 5.71. The lowest BCUT2D eigenvalue weighted by atomic mass is 9.68. The number of aliphatic hydroxyl groups excluding tert-OH is 2. The molecule has 0 aliphatic heterocycles. The number of hydrogen-bond acceptors (Lipinski definition) is 8. The normalized spacial score (nSPS) is 26.6. The summed E-state index contributed by atoms with van der Waals surface area (Å²) in [4.78, 5) is 20.4. The summed E-state index contributed by atoms with van der Waals surface area (Å²) >= 11 is 0. The number of aliphatic hydroxyl groups is 3. The van der Waals surface area contributed by atoms with E-state index in [0.29, 0.717) is 67.1 Å². The third-order valence-corrected chi connectivity index (χ3v) is 14.3. The number of phenols is 1. The van der Waals surface area contributed by atoms with E-state index in [4.69, 9.17) is 5.73 Å². The summed E-state index contributed by atoms with van der Waals surface area (Å²) in [5, 5.41) is 69.6. The van der Waals surface area contributed by atoms with E-state index >= 15 is 0 Å². The first-order valence-electron chi connectivity index (χ1n) is 23.0. The van der Waals surface area contributed by atoms with E-state index in [9.17, 15) is 35.4 Å². The SMILES string of the molecule is CCCCCC1C=CC(CCCCCC(C(=O)O)C(O)C2C=CC3C(Cc4ccnc(N)c4)CC(Cc4ccc(-c5cc(O)cc([O-])c5Cc5ccccc5)[nH]4)C3(O)C2)C(O)C1. The molecule has 3 aliphatic rings. The molecule has 0 saturated heterocycles. The van der Waals surface area contributed by atoms with Crippen molar-refractivity contribution in [2.45, 2.75) is 121 Å². The number of aromatic hydroxyl groups is 1. The number of benzene rings is 2. The van der Waals surface area contributed by atoms with Crippen LogP contribution in [0.2, 0.25) is 0 Å². The predicted octanol–water partition coefficient (Wildman–Crippen LogP) is 8.52. The van der Waals surface area contributed by atoms with E-state index in [1.165, 1.54) is 25.3 Å². The topological polar surface area (TPSA) is 196 Å². The summed E-state index contributed by atoms with van der Waals surface area (Å²) in [5.74, 6) is -2.30. The molecule has 0 bridgehead atoms. The Morgan fingerprint density at radius 1 is 0.935 bits per heavy atom. The maximum atomic E-state index is 13.2. The highest BCUT2D eigenvalue weighted by Crippen LogP contribution is 2.54. The fraction of sp³-hybridized carbons (Fsp3) is 0.500. The molecule has 10 nitrogen and oxygen atoms in total. The zero-order valence-electron chi connectivity index (χ0n) is 36.1. The van der Waals surface area contributed by atoms with Gasteiger partial charge in [0.2, 0.25) is 0 Å². The van der Waals surface area contributed by atoms with Gasteiger partial charge in [0.15, 0.2) is 0 Å². The molecule has 1 saturated carbocycles. The lowest BCUT2D eigenvalue weighted by molar-refractivity contribution is -0.269. The largest absolute Gasteiger partial charge is 0.872 e. The van der Waals surface area contributed by atoms with E-state index in [1.807, 2.05) is 66.7 Å². The summed E-state index contributed by atoms with van der Waals surface area (Å²) < 4.78 is 0. The number of pyridine rings is 1. The first kappa shape index (κ1) is 45.1. The number of carboxylic acid groups (broad SMARTS) is 1. The number of aliphatic carboxylic acids is 1. The molecule has 2 aromatic carbocycles. The molecule has 0 radical (unpaired) electrons. The first-order chi connectivity index (χ1) is 29.9. The first-order valence-corrected chi connectivity index (χ1v) is 23.0. The summed E-state index contributed by atoms with van der Waals surface area (Å²) in [6.07, 6.45) is 20.2. The maximum absolute atomic E-state index is 13.2. The third kappa shape index (κ3) is 10.8. The van der Waals surface area contributed by atoms with Gasteiger partial charge < -0.3 is 41.4 Å². The van der Waals surface area contributed by atoms with Crippen LogP contribution in [-0.4, -0.2) is 59.3 Å². The molecule has 10 heteroatoms. The number of allylic oxidation sites excluding steroid dienone is 1. The minimum absolute atomic E-state index is 0.0573. The average molecular weight is 845 g/mol. The highest BCUT2D eigenvalue weighted by atomic mass is 16.4. The molecule has 332 valence electrons. The van der Waals surface area contributed by atoms with Gasteiger partial charge in [-0.1, -0.05) is 100 Å². The lowest BCUT2D eigenvalue weighted by Gasteiger charge is -2.42. The van der Waals surface area contributed by atoms with Crippen LogP contribution in [0, 0.1) is 41.4 Å². The molecule has 10 atom stereocenters. The van der Waals surface area contributed by atoms with Crippen LogP contribution in [0.25, 0.3) is 11.3 Å². The monoisotopic (exact) mass is 844 g/mol. The number of phenolic OH excluding ortho intramolecular Hbond substituents is 1. The highest BCUT2D eigenvalue weighted by Gasteiger charge is 2.55. The van der Waals surface area contributed by atoms with Crippen LogP contribution in [0.15, 0.2) is 97.2 Å². The molecule has 7 rings (SSSR count). The lowest BCUT2D eigenvalue weighted by Crippen LogP contribution is -2.48. The number of carboxylic acids is 1. The Morgan fingerprint density at radius 3 is 2.50 bits per heavy atom. The number of nitrogens with zero attached hydrogens (tertiary/aromatic N) is 1. The molecule has 2 aromatic heterocycles. The molecular weight excluding hydrogens is 779 g/mol. The van der Waals surface area contributed by atoms with Gasteiger partial charge in [-0.15, -0.1) is 5.75 Å². The summed E-state index contributed by atoms with van der Waals surface area (Å²) in [6, 6.07) is 20.3. The average Bonchev–Trinajstić information content (AvgIpc) is 3.82. The Morgan fingerprint density at radius 2 is 1.74 bits per heavy atom. The summed E-state index contributed by atoms with van der Waals surface area (Å²) in [6.45, 7) is 2.20. The molecule has 0 amide bonds. The van der Waals surface area contributed by atoms with Gasteiger partial charge in [0.25, 0.3) is 0 Å². The minimum Gasteiger partial charge on any atom is -0.872 e. The van der Waals surface area contributed by atoms with E-state index in [0.717, 1.165) is 48.9 Å². The van der Waals surface area contributed by atoms with Crippen molar-refractivity contribution in [2.24, 2.45) is 41.4 Å². The molecule has 4 aromatic rings. The molecule has 62 heavy (non-hydrogen) atoms. The number of H-pyrrole nitrogens is 1.